The van der Waals surface area contributed by atoms with Crippen LogP contribution < -0.4 is 5.73 Å². The van der Waals surface area contributed by atoms with Crippen molar-refractivity contribution in [3.8, 4) is 0 Å². The molecular weight excluding hydrogens is 244 g/mol. The predicted octanol–water partition coefficient (Wildman–Crippen LogP) is 2.25. The molecule has 0 spiro atoms. The zero-order valence-corrected chi connectivity index (χ0v) is 11.3. The highest BCUT2D eigenvalue weighted by Gasteiger charge is 2.23. The summed E-state index contributed by atoms with van der Waals surface area (Å²) in [6.45, 7) is 6.10. The van der Waals surface area contributed by atoms with Crippen molar-refractivity contribution in [2.45, 2.75) is 32.1 Å². The average molecular weight is 262 g/mol. The van der Waals surface area contributed by atoms with Crippen LogP contribution in [-0.4, -0.2) is 22.6 Å². The molecule has 0 saturated heterocycles. The van der Waals surface area contributed by atoms with Crippen molar-refractivity contribution in [1.29, 1.82) is 0 Å². The number of aliphatic carboxylic acids is 1. The van der Waals surface area contributed by atoms with Crippen LogP contribution >= 0.6 is 0 Å². The topological polar surface area (TPSA) is 89.3 Å². The number of nitrogens with two attached hydrogens (primary N) is 1. The van der Waals surface area contributed by atoms with E-state index in [1.807, 2.05) is 20.8 Å². The standard InChI is InChI=1S/C14H18N2O3/c1-14(2,3)13-16-10-6-8(4-5-11(10)19-13)9(7-15)12(17)18/h4-6,9H,7,15H2,1-3H3,(H,17,18). The van der Waals surface area contributed by atoms with Gasteiger partial charge in [-0.15, -0.1) is 0 Å². The van der Waals surface area contributed by atoms with Crippen LogP contribution in [0.3, 0.4) is 0 Å². The van der Waals surface area contributed by atoms with Gasteiger partial charge in [0.2, 0.25) is 5.89 Å². The molecule has 1 unspecified atom stereocenters. The smallest absolute Gasteiger partial charge is 0.312 e. The number of fused-ring (bicyclic) bond motifs is 1. The summed E-state index contributed by atoms with van der Waals surface area (Å²) in [5.41, 5.74) is 7.30. The maximum atomic E-state index is 11.1. The highest BCUT2D eigenvalue weighted by molar-refractivity contribution is 5.80. The Balaban J connectivity index is 2.49. The molecule has 0 fully saturated rings. The lowest BCUT2D eigenvalue weighted by molar-refractivity contribution is -0.138. The third kappa shape index (κ3) is 2.61. The number of hydrogen-bond donors (Lipinski definition) is 2. The first-order valence-electron chi connectivity index (χ1n) is 6.17. The second-order valence-corrected chi connectivity index (χ2v) is 5.62. The van der Waals surface area contributed by atoms with Gasteiger partial charge in [-0.3, -0.25) is 4.79 Å². The Morgan fingerprint density at radius 1 is 1.47 bits per heavy atom. The van der Waals surface area contributed by atoms with Gasteiger partial charge in [-0.05, 0) is 17.7 Å². The number of carboxylic acids is 1. The van der Waals surface area contributed by atoms with E-state index >= 15 is 0 Å². The van der Waals surface area contributed by atoms with E-state index in [-0.39, 0.29) is 12.0 Å². The number of hydrogen-bond acceptors (Lipinski definition) is 4. The van der Waals surface area contributed by atoms with Crippen molar-refractivity contribution < 1.29 is 14.3 Å². The molecule has 5 nitrogen and oxygen atoms in total. The monoisotopic (exact) mass is 262 g/mol. The molecule has 0 aliphatic rings. The minimum absolute atomic E-state index is 0.0603. The first-order valence-corrected chi connectivity index (χ1v) is 6.17. The lowest BCUT2D eigenvalue weighted by Gasteiger charge is -2.11. The zero-order valence-electron chi connectivity index (χ0n) is 11.3. The lowest BCUT2D eigenvalue weighted by atomic mass is 9.97. The van der Waals surface area contributed by atoms with Crippen LogP contribution in [0.1, 0.15) is 38.1 Å². The van der Waals surface area contributed by atoms with Gasteiger partial charge in [0.1, 0.15) is 5.52 Å². The second-order valence-electron chi connectivity index (χ2n) is 5.62. The van der Waals surface area contributed by atoms with Gasteiger partial charge in [-0.25, -0.2) is 4.98 Å². The van der Waals surface area contributed by atoms with E-state index < -0.39 is 11.9 Å². The van der Waals surface area contributed by atoms with E-state index in [1.165, 1.54) is 0 Å². The van der Waals surface area contributed by atoms with Crippen LogP contribution in [0.2, 0.25) is 0 Å². The molecule has 1 atom stereocenters. The molecule has 5 heteroatoms. The quantitative estimate of drug-likeness (QED) is 0.885. The summed E-state index contributed by atoms with van der Waals surface area (Å²) in [6, 6.07) is 5.21. The summed E-state index contributed by atoms with van der Waals surface area (Å²) in [6.07, 6.45) is 0. The molecular formula is C14H18N2O3. The predicted molar refractivity (Wildman–Crippen MR) is 72.1 cm³/mol. The number of carboxylic acid groups (broad SMARTS) is 1. The first-order chi connectivity index (χ1) is 8.82. The number of benzene rings is 1. The fourth-order valence-electron chi connectivity index (χ4n) is 1.86. The third-order valence-electron chi connectivity index (χ3n) is 2.99. The molecule has 3 N–H and O–H groups in total. The van der Waals surface area contributed by atoms with Gasteiger partial charge in [0.15, 0.2) is 5.58 Å². The molecule has 1 heterocycles. The van der Waals surface area contributed by atoms with E-state index in [9.17, 15) is 4.79 Å². The first kappa shape index (κ1) is 13.5. The van der Waals surface area contributed by atoms with Crippen LogP contribution in [0.25, 0.3) is 11.1 Å². The SMILES string of the molecule is CC(C)(C)c1nc2cc(C(CN)C(=O)O)ccc2o1. The zero-order chi connectivity index (χ0) is 14.2. The van der Waals surface area contributed by atoms with Crippen molar-refractivity contribution in [2.75, 3.05) is 6.54 Å². The maximum absolute atomic E-state index is 11.1. The summed E-state index contributed by atoms with van der Waals surface area (Å²) < 4.78 is 5.67. The Morgan fingerprint density at radius 2 is 2.16 bits per heavy atom. The van der Waals surface area contributed by atoms with Gasteiger partial charge in [-0.1, -0.05) is 26.8 Å². The number of nitrogens with zero attached hydrogens (tertiary/aromatic N) is 1. The number of rotatable bonds is 3. The molecule has 1 aromatic heterocycles. The molecule has 19 heavy (non-hydrogen) atoms. The van der Waals surface area contributed by atoms with Gasteiger partial charge in [0.05, 0.1) is 5.92 Å². The van der Waals surface area contributed by atoms with Crippen LogP contribution in [-0.2, 0) is 10.2 Å². The molecule has 0 saturated carbocycles. The maximum Gasteiger partial charge on any atom is 0.312 e. The summed E-state index contributed by atoms with van der Waals surface area (Å²) in [4.78, 5) is 15.5. The van der Waals surface area contributed by atoms with Crippen LogP contribution in [0.15, 0.2) is 22.6 Å². The van der Waals surface area contributed by atoms with E-state index in [4.69, 9.17) is 15.3 Å². The van der Waals surface area contributed by atoms with E-state index in [2.05, 4.69) is 4.98 Å². The number of oxazole rings is 1. The lowest BCUT2D eigenvalue weighted by Crippen LogP contribution is -2.20. The molecule has 2 rings (SSSR count). The van der Waals surface area contributed by atoms with Gasteiger partial charge in [0, 0.05) is 12.0 Å². The summed E-state index contributed by atoms with van der Waals surface area (Å²) >= 11 is 0. The van der Waals surface area contributed by atoms with Crippen molar-refractivity contribution in [1.82, 2.24) is 4.98 Å². The Bertz CT molecular complexity index is 611. The van der Waals surface area contributed by atoms with Gasteiger partial charge >= 0.3 is 5.97 Å². The highest BCUT2D eigenvalue weighted by Crippen LogP contribution is 2.27. The Labute approximate surface area is 111 Å². The minimum Gasteiger partial charge on any atom is -0.481 e. The summed E-state index contributed by atoms with van der Waals surface area (Å²) in [7, 11) is 0. The Hall–Kier alpha value is -1.88. The third-order valence-corrected chi connectivity index (χ3v) is 2.99. The van der Waals surface area contributed by atoms with E-state index in [0.717, 1.165) is 0 Å². The molecule has 0 bridgehead atoms. The molecule has 102 valence electrons. The van der Waals surface area contributed by atoms with Crippen LogP contribution in [0.4, 0.5) is 0 Å². The molecule has 1 aromatic carbocycles. The largest absolute Gasteiger partial charge is 0.481 e. The Morgan fingerprint density at radius 3 is 2.68 bits per heavy atom. The number of carbonyl (C=O) groups is 1. The van der Waals surface area contributed by atoms with Crippen molar-refractivity contribution >= 4 is 17.1 Å². The molecule has 0 radical (unpaired) electrons. The summed E-state index contributed by atoms with van der Waals surface area (Å²) in [5.74, 6) is -1.00. The van der Waals surface area contributed by atoms with Crippen molar-refractivity contribution in [2.24, 2.45) is 5.73 Å². The van der Waals surface area contributed by atoms with E-state index in [1.54, 1.807) is 18.2 Å². The molecule has 0 aliphatic carbocycles. The molecule has 2 aromatic rings. The van der Waals surface area contributed by atoms with Crippen molar-refractivity contribution in [3.05, 3.63) is 29.7 Å². The van der Waals surface area contributed by atoms with Crippen molar-refractivity contribution in [3.63, 3.8) is 0 Å². The Kier molecular flexibility index (Phi) is 3.32. The fraction of sp³-hybridized carbons (Fsp3) is 0.429. The second kappa shape index (κ2) is 4.66. The molecule has 0 aliphatic heterocycles. The van der Waals surface area contributed by atoms with E-state index in [0.29, 0.717) is 22.6 Å². The highest BCUT2D eigenvalue weighted by atomic mass is 16.4. The van der Waals surface area contributed by atoms with Gasteiger partial charge in [0.25, 0.3) is 0 Å². The van der Waals surface area contributed by atoms with Gasteiger partial charge in [-0.2, -0.15) is 0 Å². The van der Waals surface area contributed by atoms with Crippen LogP contribution in [0.5, 0.6) is 0 Å². The minimum atomic E-state index is -0.929. The fourth-order valence-corrected chi connectivity index (χ4v) is 1.86. The van der Waals surface area contributed by atoms with Gasteiger partial charge < -0.3 is 15.3 Å². The number of aromatic nitrogens is 1. The average Bonchev–Trinajstić information content (AvgIpc) is 2.72. The van der Waals surface area contributed by atoms with Crippen LogP contribution in [0, 0.1) is 0 Å². The summed E-state index contributed by atoms with van der Waals surface area (Å²) in [5, 5.41) is 9.11. The normalized spacial score (nSPS) is 13.7. The molecule has 0 amide bonds.